The molecule has 0 spiro atoms. The van der Waals surface area contributed by atoms with E-state index < -0.39 is 17.9 Å². The Labute approximate surface area is 100 Å². The molecule has 1 saturated heterocycles. The second kappa shape index (κ2) is 4.24. The van der Waals surface area contributed by atoms with E-state index in [1.807, 2.05) is 0 Å². The highest BCUT2D eigenvalue weighted by Crippen LogP contribution is 2.30. The fourth-order valence-corrected chi connectivity index (χ4v) is 2.77. The lowest BCUT2D eigenvalue weighted by Gasteiger charge is -2.23. The number of rotatable bonds is 2. The van der Waals surface area contributed by atoms with Gasteiger partial charge in [0, 0.05) is 5.75 Å². The fourth-order valence-electron chi connectivity index (χ4n) is 1.61. The minimum atomic E-state index is -1.05. The molecule has 2 atom stereocenters. The molecule has 1 aliphatic heterocycles. The summed E-state index contributed by atoms with van der Waals surface area (Å²) in [6.45, 7) is 1.75. The summed E-state index contributed by atoms with van der Waals surface area (Å²) in [5.74, 6) is -1.42. The number of carbonyl (C=O) groups is 2. The Morgan fingerprint density at radius 1 is 1.59 bits per heavy atom. The smallest absolute Gasteiger partial charge is 0.327 e. The van der Waals surface area contributed by atoms with Crippen LogP contribution < -0.4 is 5.73 Å². The highest BCUT2D eigenvalue weighted by atomic mass is 32.2. The van der Waals surface area contributed by atoms with Crippen LogP contribution in [0.2, 0.25) is 0 Å². The van der Waals surface area contributed by atoms with Gasteiger partial charge in [-0.3, -0.25) is 4.79 Å². The summed E-state index contributed by atoms with van der Waals surface area (Å²) in [4.78, 5) is 24.3. The largest absolute Gasteiger partial charge is 0.480 e. The van der Waals surface area contributed by atoms with Crippen molar-refractivity contribution in [1.82, 2.24) is 15.2 Å². The molecule has 17 heavy (non-hydrogen) atoms. The van der Waals surface area contributed by atoms with Gasteiger partial charge in [0.25, 0.3) is 5.91 Å². The summed E-state index contributed by atoms with van der Waals surface area (Å²) in [6.07, 6.45) is 0. The van der Waals surface area contributed by atoms with Crippen LogP contribution in [0.3, 0.4) is 0 Å². The zero-order valence-corrected chi connectivity index (χ0v) is 9.68. The third-order valence-corrected chi connectivity index (χ3v) is 3.68. The van der Waals surface area contributed by atoms with E-state index in [1.54, 1.807) is 6.92 Å². The number of thioether (sulfide) groups is 1. The van der Waals surface area contributed by atoms with Gasteiger partial charge in [0.1, 0.15) is 6.04 Å². The van der Waals surface area contributed by atoms with Gasteiger partial charge in [0.05, 0.1) is 5.37 Å². The number of amides is 1. The average molecular weight is 258 g/mol. The molecule has 1 aromatic heterocycles. The Morgan fingerprint density at radius 2 is 2.29 bits per heavy atom. The molecule has 1 aromatic rings. The minimum Gasteiger partial charge on any atom is -0.480 e. The Bertz CT molecular complexity index is 462. The van der Waals surface area contributed by atoms with Crippen LogP contribution in [0.4, 0.5) is 5.82 Å². The lowest BCUT2D eigenvalue weighted by molar-refractivity contribution is -0.141. The maximum absolute atomic E-state index is 12.1. The molecular weight excluding hydrogens is 248 g/mol. The quantitative estimate of drug-likeness (QED) is 0.737. The van der Waals surface area contributed by atoms with E-state index in [0.29, 0.717) is 5.75 Å². The molecule has 0 aliphatic carbocycles. The molecule has 1 amide bonds. The summed E-state index contributed by atoms with van der Waals surface area (Å²) in [7, 11) is 0. The monoisotopic (exact) mass is 258 g/mol. The SMILES string of the molecule is CC1SCC(C(=O)O)N1C(=O)c1nonc1N. The number of carboxylic acids is 1. The molecule has 1 aliphatic rings. The van der Waals surface area contributed by atoms with Crippen molar-refractivity contribution in [3.63, 3.8) is 0 Å². The van der Waals surface area contributed by atoms with Crippen molar-refractivity contribution < 1.29 is 19.3 Å². The molecule has 0 bridgehead atoms. The summed E-state index contributed by atoms with van der Waals surface area (Å²) in [5, 5.41) is 15.4. The fraction of sp³-hybridized carbons (Fsp3) is 0.500. The van der Waals surface area contributed by atoms with Gasteiger partial charge in [-0.2, -0.15) is 0 Å². The number of nitrogens with zero attached hydrogens (tertiary/aromatic N) is 3. The first-order valence-electron chi connectivity index (χ1n) is 4.77. The van der Waals surface area contributed by atoms with Gasteiger partial charge in [-0.05, 0) is 17.2 Å². The number of nitrogens with two attached hydrogens (primary N) is 1. The molecule has 3 N–H and O–H groups in total. The molecule has 9 heteroatoms. The molecule has 2 heterocycles. The van der Waals surface area contributed by atoms with Gasteiger partial charge >= 0.3 is 5.97 Å². The van der Waals surface area contributed by atoms with E-state index in [-0.39, 0.29) is 16.9 Å². The van der Waals surface area contributed by atoms with Crippen LogP contribution in [0.1, 0.15) is 17.4 Å². The first-order valence-corrected chi connectivity index (χ1v) is 5.82. The number of aliphatic carboxylic acids is 1. The summed E-state index contributed by atoms with van der Waals surface area (Å²) < 4.78 is 4.33. The van der Waals surface area contributed by atoms with Crippen LogP contribution >= 0.6 is 11.8 Å². The topological polar surface area (TPSA) is 123 Å². The number of nitrogen functional groups attached to an aromatic ring is 1. The van der Waals surface area contributed by atoms with Crippen molar-refractivity contribution in [3.05, 3.63) is 5.69 Å². The number of aromatic nitrogens is 2. The molecule has 2 unspecified atom stereocenters. The van der Waals surface area contributed by atoms with Crippen LogP contribution in [-0.4, -0.2) is 49.4 Å². The molecule has 0 aromatic carbocycles. The van der Waals surface area contributed by atoms with Crippen LogP contribution in [0, 0.1) is 0 Å². The molecule has 0 radical (unpaired) electrons. The third-order valence-electron chi connectivity index (χ3n) is 2.46. The van der Waals surface area contributed by atoms with Crippen molar-refractivity contribution in [2.75, 3.05) is 11.5 Å². The molecule has 8 nitrogen and oxygen atoms in total. The Hall–Kier alpha value is -1.77. The number of carbonyl (C=O) groups excluding carboxylic acids is 1. The summed E-state index contributed by atoms with van der Waals surface area (Å²) >= 11 is 1.38. The predicted molar refractivity (Wildman–Crippen MR) is 58.2 cm³/mol. The van der Waals surface area contributed by atoms with Crippen LogP contribution in [0.15, 0.2) is 4.63 Å². The van der Waals surface area contributed by atoms with Gasteiger partial charge in [-0.15, -0.1) is 11.8 Å². The normalized spacial score (nSPS) is 23.9. The van der Waals surface area contributed by atoms with Crippen molar-refractivity contribution >= 4 is 29.5 Å². The first kappa shape index (κ1) is 11.7. The van der Waals surface area contributed by atoms with E-state index >= 15 is 0 Å². The minimum absolute atomic E-state index is 0.136. The summed E-state index contributed by atoms with van der Waals surface area (Å²) in [5.41, 5.74) is 5.26. The van der Waals surface area contributed by atoms with Gasteiger partial charge in [-0.25, -0.2) is 9.42 Å². The first-order chi connectivity index (χ1) is 8.02. The molecule has 1 fully saturated rings. The van der Waals surface area contributed by atoms with Crippen LogP contribution in [0.5, 0.6) is 0 Å². The second-order valence-electron chi connectivity index (χ2n) is 3.50. The Morgan fingerprint density at radius 3 is 2.82 bits per heavy atom. The van der Waals surface area contributed by atoms with Crippen LogP contribution in [0.25, 0.3) is 0 Å². The molecule has 0 saturated carbocycles. The third kappa shape index (κ3) is 1.93. The number of carboxylic acid groups (broad SMARTS) is 1. The lowest BCUT2D eigenvalue weighted by Crippen LogP contribution is -2.45. The highest BCUT2D eigenvalue weighted by molar-refractivity contribution is 8.00. The maximum atomic E-state index is 12.1. The second-order valence-corrected chi connectivity index (χ2v) is 4.85. The predicted octanol–water partition coefficient (Wildman–Crippen LogP) is -0.360. The van der Waals surface area contributed by atoms with E-state index in [4.69, 9.17) is 10.8 Å². The standard InChI is InChI=1S/C8H10N4O4S/c1-3-12(4(2-17-3)8(14)15)7(13)5-6(9)11-16-10-5/h3-4H,2H2,1H3,(H2,9,11)(H,14,15). The van der Waals surface area contributed by atoms with Gasteiger partial charge in [-0.1, -0.05) is 0 Å². The molecule has 92 valence electrons. The zero-order valence-electron chi connectivity index (χ0n) is 8.86. The molecule has 2 rings (SSSR count). The highest BCUT2D eigenvalue weighted by Gasteiger charge is 2.41. The Balaban J connectivity index is 2.29. The number of hydrogen-bond donors (Lipinski definition) is 2. The zero-order chi connectivity index (χ0) is 12.6. The summed E-state index contributed by atoms with van der Waals surface area (Å²) in [6, 6.07) is -0.876. The lowest BCUT2D eigenvalue weighted by atomic mass is 10.2. The number of hydrogen-bond acceptors (Lipinski definition) is 7. The van der Waals surface area contributed by atoms with Gasteiger partial charge in [0.15, 0.2) is 0 Å². The van der Waals surface area contributed by atoms with Crippen molar-refractivity contribution in [2.24, 2.45) is 0 Å². The van der Waals surface area contributed by atoms with Crippen molar-refractivity contribution in [2.45, 2.75) is 18.3 Å². The van der Waals surface area contributed by atoms with E-state index in [0.717, 1.165) is 0 Å². The van der Waals surface area contributed by atoms with Gasteiger partial charge in [0.2, 0.25) is 11.5 Å². The average Bonchev–Trinajstić information content (AvgIpc) is 2.83. The number of anilines is 1. The van der Waals surface area contributed by atoms with E-state index in [9.17, 15) is 9.59 Å². The Kier molecular flexibility index (Phi) is 2.92. The van der Waals surface area contributed by atoms with Crippen LogP contribution in [-0.2, 0) is 4.79 Å². The maximum Gasteiger partial charge on any atom is 0.327 e. The van der Waals surface area contributed by atoms with Crippen molar-refractivity contribution in [3.8, 4) is 0 Å². The molecular formula is C8H10N4O4S. The van der Waals surface area contributed by atoms with Gasteiger partial charge < -0.3 is 15.7 Å². The van der Waals surface area contributed by atoms with E-state index in [1.165, 1.54) is 16.7 Å². The van der Waals surface area contributed by atoms with E-state index in [2.05, 4.69) is 14.9 Å². The van der Waals surface area contributed by atoms with Crippen molar-refractivity contribution in [1.29, 1.82) is 0 Å².